The van der Waals surface area contributed by atoms with Crippen LogP contribution in [0.4, 0.5) is 11.5 Å². The average molecular weight is 351 g/mol. The first kappa shape index (κ1) is 17.9. The van der Waals surface area contributed by atoms with Crippen LogP contribution in [0.5, 0.6) is 11.5 Å². The van der Waals surface area contributed by atoms with E-state index >= 15 is 0 Å². The third-order valence-corrected chi connectivity index (χ3v) is 4.63. The molecule has 0 aliphatic carbocycles. The Morgan fingerprint density at radius 2 is 1.83 bits per heavy atom. The van der Waals surface area contributed by atoms with Crippen LogP contribution in [0.1, 0.15) is 12.5 Å². The summed E-state index contributed by atoms with van der Waals surface area (Å²) in [6, 6.07) is 9.05. The van der Waals surface area contributed by atoms with E-state index in [1.165, 1.54) is 0 Å². The molecule has 0 unspecified atom stereocenters. The minimum atomic E-state index is -3.31. The van der Waals surface area contributed by atoms with Crippen LogP contribution in [0.2, 0.25) is 0 Å². The third-order valence-electron chi connectivity index (χ3n) is 3.35. The van der Waals surface area contributed by atoms with Gasteiger partial charge in [-0.1, -0.05) is 6.07 Å². The topological polar surface area (TPSA) is 89.6 Å². The normalized spacial score (nSPS) is 11.0. The lowest BCUT2D eigenvalue weighted by Gasteiger charge is -2.11. The Morgan fingerprint density at radius 1 is 1.08 bits per heavy atom. The zero-order chi connectivity index (χ0) is 17.6. The number of pyridine rings is 1. The Labute approximate surface area is 142 Å². The van der Waals surface area contributed by atoms with Crippen molar-refractivity contribution in [1.29, 1.82) is 0 Å². The van der Waals surface area contributed by atoms with Crippen molar-refractivity contribution in [3.05, 3.63) is 42.1 Å². The van der Waals surface area contributed by atoms with Gasteiger partial charge in [-0.15, -0.1) is 0 Å². The van der Waals surface area contributed by atoms with Gasteiger partial charge in [-0.25, -0.2) is 13.4 Å². The minimum absolute atomic E-state index is 0.00792. The Kier molecular flexibility index (Phi) is 5.86. The first-order valence-electron chi connectivity index (χ1n) is 7.38. The van der Waals surface area contributed by atoms with Gasteiger partial charge < -0.3 is 14.8 Å². The largest absolute Gasteiger partial charge is 0.493 e. The van der Waals surface area contributed by atoms with Crippen molar-refractivity contribution in [3.8, 4) is 11.5 Å². The first-order chi connectivity index (χ1) is 11.5. The Hall–Kier alpha value is -2.48. The molecule has 0 fully saturated rings. The molecule has 0 saturated heterocycles. The number of methoxy groups -OCH3 is 2. The molecule has 0 aliphatic rings. The highest BCUT2D eigenvalue weighted by Gasteiger charge is 2.08. The Morgan fingerprint density at radius 3 is 2.42 bits per heavy atom. The molecule has 0 amide bonds. The van der Waals surface area contributed by atoms with Gasteiger partial charge in [0, 0.05) is 6.54 Å². The van der Waals surface area contributed by atoms with E-state index in [0.717, 1.165) is 11.3 Å². The smallest absolute Gasteiger partial charge is 0.233 e. The van der Waals surface area contributed by atoms with Crippen molar-refractivity contribution in [2.45, 2.75) is 13.5 Å². The van der Waals surface area contributed by atoms with E-state index < -0.39 is 10.0 Å². The van der Waals surface area contributed by atoms with Crippen molar-refractivity contribution in [3.63, 3.8) is 0 Å². The molecular formula is C16H21N3O4S. The molecular weight excluding hydrogens is 330 g/mol. The van der Waals surface area contributed by atoms with Gasteiger partial charge in [0.25, 0.3) is 0 Å². The van der Waals surface area contributed by atoms with Crippen molar-refractivity contribution in [2.75, 3.05) is 30.0 Å². The Bertz CT molecular complexity index is 776. The second-order valence-corrected chi connectivity index (χ2v) is 6.99. The molecule has 2 N–H and O–H groups in total. The summed E-state index contributed by atoms with van der Waals surface area (Å²) in [6.45, 7) is 2.14. The van der Waals surface area contributed by atoms with Gasteiger partial charge in [0.05, 0.1) is 31.9 Å². The fourth-order valence-corrected chi connectivity index (χ4v) is 2.57. The van der Waals surface area contributed by atoms with Crippen LogP contribution in [0.15, 0.2) is 36.5 Å². The van der Waals surface area contributed by atoms with Gasteiger partial charge in [0.2, 0.25) is 10.0 Å². The van der Waals surface area contributed by atoms with Gasteiger partial charge >= 0.3 is 0 Å². The van der Waals surface area contributed by atoms with E-state index in [1.54, 1.807) is 39.5 Å². The van der Waals surface area contributed by atoms with Crippen LogP contribution in [-0.2, 0) is 16.6 Å². The van der Waals surface area contributed by atoms with Crippen molar-refractivity contribution < 1.29 is 17.9 Å². The van der Waals surface area contributed by atoms with E-state index in [-0.39, 0.29) is 5.75 Å². The van der Waals surface area contributed by atoms with Crippen LogP contribution >= 0.6 is 0 Å². The predicted molar refractivity (Wildman–Crippen MR) is 94.2 cm³/mol. The number of hydrogen-bond donors (Lipinski definition) is 2. The zero-order valence-corrected chi connectivity index (χ0v) is 14.7. The van der Waals surface area contributed by atoms with Crippen LogP contribution in [0, 0.1) is 0 Å². The lowest BCUT2D eigenvalue weighted by atomic mass is 10.2. The number of hydrogen-bond acceptors (Lipinski definition) is 6. The molecule has 2 aromatic rings. The van der Waals surface area contributed by atoms with Crippen LogP contribution in [-0.4, -0.2) is 33.4 Å². The highest BCUT2D eigenvalue weighted by molar-refractivity contribution is 7.92. The standard InChI is InChI=1S/C16H21N3O4S/c1-4-24(20,21)19-16-8-6-13(11-18-16)17-10-12-5-7-14(22-2)15(9-12)23-3/h5-9,11,17H,4,10H2,1-3H3,(H,18,19). The van der Waals surface area contributed by atoms with Gasteiger partial charge in [-0.3, -0.25) is 4.72 Å². The Balaban J connectivity index is 2.00. The minimum Gasteiger partial charge on any atom is -0.493 e. The molecule has 1 heterocycles. The maximum atomic E-state index is 11.5. The maximum Gasteiger partial charge on any atom is 0.233 e. The van der Waals surface area contributed by atoms with E-state index in [2.05, 4.69) is 15.0 Å². The lowest BCUT2D eigenvalue weighted by molar-refractivity contribution is 0.354. The van der Waals surface area contributed by atoms with Gasteiger partial charge in [0.1, 0.15) is 5.82 Å². The highest BCUT2D eigenvalue weighted by atomic mass is 32.2. The van der Waals surface area contributed by atoms with Gasteiger partial charge in [-0.2, -0.15) is 0 Å². The van der Waals surface area contributed by atoms with Crippen molar-refractivity contribution >= 4 is 21.5 Å². The highest BCUT2D eigenvalue weighted by Crippen LogP contribution is 2.27. The summed E-state index contributed by atoms with van der Waals surface area (Å²) < 4.78 is 35.9. The van der Waals surface area contributed by atoms with Crippen molar-refractivity contribution in [2.24, 2.45) is 0 Å². The van der Waals surface area contributed by atoms with Gasteiger partial charge in [0.15, 0.2) is 11.5 Å². The molecule has 24 heavy (non-hydrogen) atoms. The molecule has 0 spiro atoms. The molecule has 1 aromatic heterocycles. The SMILES string of the molecule is CCS(=O)(=O)Nc1ccc(NCc2ccc(OC)c(OC)c2)cn1. The number of benzene rings is 1. The lowest BCUT2D eigenvalue weighted by Crippen LogP contribution is -2.15. The van der Waals surface area contributed by atoms with Crippen LogP contribution < -0.4 is 19.5 Å². The average Bonchev–Trinajstić information content (AvgIpc) is 2.60. The summed E-state index contributed by atoms with van der Waals surface area (Å²) >= 11 is 0. The van der Waals surface area contributed by atoms with Gasteiger partial charge in [-0.05, 0) is 36.8 Å². The second-order valence-electron chi connectivity index (χ2n) is 4.98. The number of sulfonamides is 1. The van der Waals surface area contributed by atoms with Crippen molar-refractivity contribution in [1.82, 2.24) is 4.98 Å². The summed E-state index contributed by atoms with van der Waals surface area (Å²) in [5, 5.41) is 3.22. The maximum absolute atomic E-state index is 11.5. The number of nitrogens with one attached hydrogen (secondary N) is 2. The van der Waals surface area contributed by atoms with E-state index in [0.29, 0.717) is 23.9 Å². The number of ether oxygens (including phenoxy) is 2. The summed E-state index contributed by atoms with van der Waals surface area (Å²) in [5.41, 5.74) is 1.80. The summed E-state index contributed by atoms with van der Waals surface area (Å²) in [7, 11) is -0.128. The number of anilines is 2. The fourth-order valence-electron chi connectivity index (χ4n) is 1.99. The molecule has 0 atom stereocenters. The number of rotatable bonds is 8. The second kappa shape index (κ2) is 7.87. The summed E-state index contributed by atoms with van der Waals surface area (Å²) in [6.07, 6.45) is 1.58. The molecule has 8 heteroatoms. The van der Waals surface area contributed by atoms with Crippen LogP contribution in [0.3, 0.4) is 0 Å². The molecule has 1 aromatic carbocycles. The number of aromatic nitrogens is 1. The molecule has 7 nitrogen and oxygen atoms in total. The predicted octanol–water partition coefficient (Wildman–Crippen LogP) is 2.47. The van der Waals surface area contributed by atoms with E-state index in [9.17, 15) is 8.42 Å². The van der Waals surface area contributed by atoms with E-state index in [1.807, 2.05) is 18.2 Å². The van der Waals surface area contributed by atoms with Crippen LogP contribution in [0.25, 0.3) is 0 Å². The quantitative estimate of drug-likeness (QED) is 0.759. The first-order valence-corrected chi connectivity index (χ1v) is 9.04. The molecule has 0 aliphatic heterocycles. The van der Waals surface area contributed by atoms with E-state index in [4.69, 9.17) is 9.47 Å². The molecule has 2 rings (SSSR count). The third kappa shape index (κ3) is 4.76. The summed E-state index contributed by atoms with van der Waals surface area (Å²) in [4.78, 5) is 4.09. The molecule has 130 valence electrons. The fraction of sp³-hybridized carbons (Fsp3) is 0.312. The number of nitrogens with zero attached hydrogens (tertiary/aromatic N) is 1. The monoisotopic (exact) mass is 351 g/mol. The molecule has 0 radical (unpaired) electrons. The molecule has 0 bridgehead atoms. The summed E-state index contributed by atoms with van der Waals surface area (Å²) in [5.74, 6) is 1.65. The zero-order valence-electron chi connectivity index (χ0n) is 13.9. The molecule has 0 saturated carbocycles.